The van der Waals surface area contributed by atoms with Crippen LogP contribution in [-0.4, -0.2) is 25.6 Å². The number of esters is 1. The van der Waals surface area contributed by atoms with Crippen molar-refractivity contribution in [2.45, 2.75) is 20.5 Å². The monoisotopic (exact) mass is 334 g/mol. The average molecular weight is 335 g/mol. The van der Waals surface area contributed by atoms with Gasteiger partial charge in [0.15, 0.2) is 0 Å². The van der Waals surface area contributed by atoms with E-state index in [0.29, 0.717) is 5.78 Å². The van der Waals surface area contributed by atoms with Gasteiger partial charge in [-0.05, 0) is 32.0 Å². The normalized spacial score (nSPS) is 11.0. The average Bonchev–Trinajstić information content (AvgIpc) is 2.91. The number of hydrogen-bond acceptors (Lipinski definition) is 5. The Morgan fingerprint density at radius 2 is 2.13 bits per heavy atom. The SMILES string of the molecule is Cc1cc(C)n2nc(C(=O)OCc3c(F)cccc3Cl)nc2n1. The summed E-state index contributed by atoms with van der Waals surface area (Å²) in [6, 6.07) is 6.06. The standard InChI is InChI=1S/C15H12ClFN4O2/c1-8-6-9(2)21-15(18-8)19-13(20-21)14(22)23-7-10-11(16)4-3-5-12(10)17/h3-6H,7H2,1-2H3. The number of hydrogen-bond donors (Lipinski definition) is 0. The van der Waals surface area contributed by atoms with Gasteiger partial charge in [0.2, 0.25) is 0 Å². The van der Waals surface area contributed by atoms with Crippen LogP contribution in [0, 0.1) is 19.7 Å². The Hall–Kier alpha value is -2.54. The van der Waals surface area contributed by atoms with Gasteiger partial charge in [-0.3, -0.25) is 0 Å². The van der Waals surface area contributed by atoms with E-state index < -0.39 is 11.8 Å². The summed E-state index contributed by atoms with van der Waals surface area (Å²) in [5.41, 5.74) is 1.66. The lowest BCUT2D eigenvalue weighted by Crippen LogP contribution is -2.09. The molecule has 6 nitrogen and oxygen atoms in total. The maximum Gasteiger partial charge on any atom is 0.378 e. The number of rotatable bonds is 3. The van der Waals surface area contributed by atoms with Crippen molar-refractivity contribution < 1.29 is 13.9 Å². The molecule has 23 heavy (non-hydrogen) atoms. The molecule has 0 aliphatic heterocycles. The summed E-state index contributed by atoms with van der Waals surface area (Å²) in [4.78, 5) is 20.3. The molecule has 0 aliphatic carbocycles. The topological polar surface area (TPSA) is 69.4 Å². The van der Waals surface area contributed by atoms with Crippen LogP contribution >= 0.6 is 11.6 Å². The maximum absolute atomic E-state index is 13.6. The summed E-state index contributed by atoms with van der Waals surface area (Å²) in [6.45, 7) is 3.34. The zero-order chi connectivity index (χ0) is 16.6. The van der Waals surface area contributed by atoms with Gasteiger partial charge >= 0.3 is 5.97 Å². The van der Waals surface area contributed by atoms with E-state index in [0.717, 1.165) is 11.4 Å². The second-order valence-electron chi connectivity index (χ2n) is 4.96. The molecule has 1 aromatic carbocycles. The van der Waals surface area contributed by atoms with Crippen molar-refractivity contribution in [3.8, 4) is 0 Å². The second-order valence-corrected chi connectivity index (χ2v) is 5.37. The predicted molar refractivity (Wildman–Crippen MR) is 80.8 cm³/mol. The molecule has 0 fully saturated rings. The van der Waals surface area contributed by atoms with Crippen LogP contribution in [0.3, 0.4) is 0 Å². The van der Waals surface area contributed by atoms with Crippen LogP contribution in [0.4, 0.5) is 4.39 Å². The van der Waals surface area contributed by atoms with Crippen molar-refractivity contribution in [3.63, 3.8) is 0 Å². The minimum Gasteiger partial charge on any atom is -0.455 e. The number of ether oxygens (including phenoxy) is 1. The molecule has 0 saturated heterocycles. The first-order chi connectivity index (χ1) is 11.0. The molecule has 2 aromatic heterocycles. The molecule has 0 aliphatic rings. The van der Waals surface area contributed by atoms with Gasteiger partial charge in [-0.2, -0.15) is 4.98 Å². The van der Waals surface area contributed by atoms with Gasteiger partial charge < -0.3 is 4.74 Å². The number of carbonyl (C=O) groups excluding carboxylic acids is 1. The van der Waals surface area contributed by atoms with Crippen LogP contribution in [0.15, 0.2) is 24.3 Å². The third kappa shape index (κ3) is 3.00. The van der Waals surface area contributed by atoms with E-state index >= 15 is 0 Å². The Bertz CT molecular complexity index is 890. The van der Waals surface area contributed by atoms with Gasteiger partial charge in [0.25, 0.3) is 11.6 Å². The van der Waals surface area contributed by atoms with Gasteiger partial charge in [-0.25, -0.2) is 18.7 Å². The fraction of sp³-hybridized carbons (Fsp3) is 0.200. The molecule has 0 bridgehead atoms. The van der Waals surface area contributed by atoms with Gasteiger partial charge in [-0.1, -0.05) is 17.7 Å². The van der Waals surface area contributed by atoms with E-state index in [9.17, 15) is 9.18 Å². The molecule has 0 N–H and O–H groups in total. The zero-order valence-electron chi connectivity index (χ0n) is 12.4. The highest BCUT2D eigenvalue weighted by atomic mass is 35.5. The van der Waals surface area contributed by atoms with Gasteiger partial charge in [0, 0.05) is 17.0 Å². The number of carbonyl (C=O) groups is 1. The summed E-state index contributed by atoms with van der Waals surface area (Å²) in [5.74, 6) is -1.15. The van der Waals surface area contributed by atoms with E-state index in [4.69, 9.17) is 16.3 Å². The van der Waals surface area contributed by atoms with Crippen LogP contribution in [0.5, 0.6) is 0 Å². The molecule has 0 radical (unpaired) electrons. The van der Waals surface area contributed by atoms with Crippen molar-refractivity contribution >= 4 is 23.3 Å². The Balaban J connectivity index is 1.82. The van der Waals surface area contributed by atoms with E-state index in [1.54, 1.807) is 0 Å². The largest absolute Gasteiger partial charge is 0.455 e. The summed E-state index contributed by atoms with van der Waals surface area (Å²) in [5, 5.41) is 4.24. The minimum absolute atomic E-state index is 0.108. The van der Waals surface area contributed by atoms with E-state index in [1.165, 1.54) is 22.7 Å². The number of aromatic nitrogens is 4. The lowest BCUT2D eigenvalue weighted by Gasteiger charge is -2.05. The third-order valence-corrected chi connectivity index (χ3v) is 3.56. The molecule has 8 heteroatoms. The molecular weight excluding hydrogens is 323 g/mol. The lowest BCUT2D eigenvalue weighted by molar-refractivity contribution is 0.0455. The minimum atomic E-state index is -0.771. The molecule has 3 rings (SSSR count). The molecule has 2 heterocycles. The van der Waals surface area contributed by atoms with Gasteiger partial charge in [0.1, 0.15) is 12.4 Å². The molecule has 0 atom stereocenters. The number of aryl methyl sites for hydroxylation is 2. The van der Waals surface area contributed by atoms with E-state index in [-0.39, 0.29) is 23.0 Å². The highest BCUT2D eigenvalue weighted by Gasteiger charge is 2.18. The van der Waals surface area contributed by atoms with Gasteiger partial charge in [-0.15, -0.1) is 5.10 Å². The Morgan fingerprint density at radius 3 is 2.87 bits per heavy atom. The molecular formula is C15H12ClFN4O2. The Kier molecular flexibility index (Phi) is 3.96. The summed E-state index contributed by atoms with van der Waals surface area (Å²) in [6.07, 6.45) is 0. The van der Waals surface area contributed by atoms with Crippen LogP contribution < -0.4 is 0 Å². The summed E-state index contributed by atoms with van der Waals surface area (Å²) >= 11 is 5.88. The molecule has 118 valence electrons. The predicted octanol–water partition coefficient (Wildman–Crippen LogP) is 2.89. The molecule has 3 aromatic rings. The first-order valence-electron chi connectivity index (χ1n) is 6.77. The lowest BCUT2D eigenvalue weighted by atomic mass is 10.2. The molecule has 0 spiro atoms. The smallest absolute Gasteiger partial charge is 0.378 e. The maximum atomic E-state index is 13.6. The van der Waals surface area contributed by atoms with Crippen molar-refractivity contribution in [2.24, 2.45) is 0 Å². The number of halogens is 2. The highest BCUT2D eigenvalue weighted by Crippen LogP contribution is 2.20. The third-order valence-electron chi connectivity index (χ3n) is 3.21. The van der Waals surface area contributed by atoms with E-state index in [1.807, 2.05) is 19.9 Å². The zero-order valence-corrected chi connectivity index (χ0v) is 13.1. The first kappa shape index (κ1) is 15.4. The van der Waals surface area contributed by atoms with Gasteiger partial charge in [0.05, 0.1) is 5.02 Å². The van der Waals surface area contributed by atoms with Crippen molar-refractivity contribution in [3.05, 3.63) is 57.9 Å². The highest BCUT2D eigenvalue weighted by molar-refractivity contribution is 6.31. The Labute approximate surface area is 135 Å². The van der Waals surface area contributed by atoms with E-state index in [2.05, 4.69) is 15.1 Å². The van der Waals surface area contributed by atoms with Crippen LogP contribution in [0.1, 0.15) is 27.6 Å². The molecule has 0 saturated carbocycles. The number of fused-ring (bicyclic) bond motifs is 1. The fourth-order valence-corrected chi connectivity index (χ4v) is 2.34. The van der Waals surface area contributed by atoms with Crippen molar-refractivity contribution in [1.29, 1.82) is 0 Å². The summed E-state index contributed by atoms with van der Waals surface area (Å²) in [7, 11) is 0. The Morgan fingerprint density at radius 1 is 1.35 bits per heavy atom. The van der Waals surface area contributed by atoms with Crippen molar-refractivity contribution in [1.82, 2.24) is 19.6 Å². The molecule has 0 amide bonds. The summed E-state index contributed by atoms with van der Waals surface area (Å²) < 4.78 is 20.1. The second kappa shape index (κ2) is 5.92. The molecule has 0 unspecified atom stereocenters. The number of benzene rings is 1. The van der Waals surface area contributed by atoms with Crippen LogP contribution in [0.25, 0.3) is 5.78 Å². The van der Waals surface area contributed by atoms with Crippen molar-refractivity contribution in [2.75, 3.05) is 0 Å². The first-order valence-corrected chi connectivity index (χ1v) is 7.14. The quantitative estimate of drug-likeness (QED) is 0.689. The van der Waals surface area contributed by atoms with Crippen LogP contribution in [0.2, 0.25) is 5.02 Å². The fourth-order valence-electron chi connectivity index (χ4n) is 2.13. The van der Waals surface area contributed by atoms with Crippen LogP contribution in [-0.2, 0) is 11.3 Å². The number of nitrogens with zero attached hydrogens (tertiary/aromatic N) is 4.